The smallest absolute Gasteiger partial charge is 0.126 e. The quantitative estimate of drug-likeness (QED) is 0.802. The molecular weight excluding hydrogens is 210 g/mol. The Labute approximate surface area is 103 Å². The normalized spacial score (nSPS) is 26.4. The zero-order valence-electron chi connectivity index (χ0n) is 10.8. The molecule has 0 saturated carbocycles. The minimum atomic E-state index is -0.00483. The average molecular weight is 231 g/mol. The second kappa shape index (κ2) is 4.02. The maximum atomic E-state index is 6.24. The summed E-state index contributed by atoms with van der Waals surface area (Å²) in [5.41, 5.74) is 2.81. The maximum absolute atomic E-state index is 6.24. The van der Waals surface area contributed by atoms with Crippen molar-refractivity contribution in [1.82, 2.24) is 5.32 Å². The van der Waals surface area contributed by atoms with Gasteiger partial charge in [-0.05, 0) is 50.8 Å². The van der Waals surface area contributed by atoms with Crippen LogP contribution in [0.2, 0.25) is 0 Å². The third kappa shape index (κ3) is 2.06. The predicted octanol–water partition coefficient (Wildman–Crippen LogP) is 2.87. The summed E-state index contributed by atoms with van der Waals surface area (Å²) in [6, 6.07) is 6.66. The first-order chi connectivity index (χ1) is 8.16. The molecule has 3 rings (SSSR count). The first-order valence-corrected chi connectivity index (χ1v) is 6.67. The molecule has 17 heavy (non-hydrogen) atoms. The van der Waals surface area contributed by atoms with Crippen LogP contribution in [-0.4, -0.2) is 18.7 Å². The highest BCUT2D eigenvalue weighted by Crippen LogP contribution is 2.40. The number of ether oxygens (including phenoxy) is 1. The number of hydrogen-bond acceptors (Lipinski definition) is 2. The zero-order chi connectivity index (χ0) is 11.9. The van der Waals surface area contributed by atoms with E-state index in [0.717, 1.165) is 25.9 Å². The number of para-hydroxylation sites is 1. The highest BCUT2D eigenvalue weighted by Gasteiger charge is 2.30. The van der Waals surface area contributed by atoms with E-state index in [0.29, 0.717) is 5.92 Å². The molecule has 1 aromatic carbocycles. The third-order valence-electron chi connectivity index (χ3n) is 4.00. The molecule has 2 nitrogen and oxygen atoms in total. The molecule has 2 aliphatic rings. The van der Waals surface area contributed by atoms with E-state index in [1.807, 2.05) is 0 Å². The Kier molecular flexibility index (Phi) is 2.62. The number of aryl methyl sites for hydroxylation is 1. The second-order valence-corrected chi connectivity index (χ2v) is 5.89. The first kappa shape index (κ1) is 11.1. The molecule has 1 fully saturated rings. The van der Waals surface area contributed by atoms with Crippen LogP contribution in [0, 0.1) is 0 Å². The van der Waals surface area contributed by atoms with Gasteiger partial charge in [-0.25, -0.2) is 0 Å². The van der Waals surface area contributed by atoms with Crippen LogP contribution >= 0.6 is 0 Å². The van der Waals surface area contributed by atoms with Gasteiger partial charge in [0.15, 0.2) is 0 Å². The summed E-state index contributed by atoms with van der Waals surface area (Å²) in [6.07, 6.45) is 3.50. The molecule has 92 valence electrons. The molecule has 0 aromatic heterocycles. The van der Waals surface area contributed by atoms with E-state index in [1.54, 1.807) is 0 Å². The van der Waals surface area contributed by atoms with E-state index in [9.17, 15) is 0 Å². The lowest BCUT2D eigenvalue weighted by Gasteiger charge is -2.34. The Bertz CT molecular complexity index is 419. The van der Waals surface area contributed by atoms with Crippen molar-refractivity contribution in [3.63, 3.8) is 0 Å². The minimum Gasteiger partial charge on any atom is -0.487 e. The van der Waals surface area contributed by atoms with Gasteiger partial charge in [-0.1, -0.05) is 18.2 Å². The third-order valence-corrected chi connectivity index (χ3v) is 4.00. The lowest BCUT2D eigenvalue weighted by atomic mass is 9.89. The Balaban J connectivity index is 1.99. The van der Waals surface area contributed by atoms with E-state index in [-0.39, 0.29) is 5.60 Å². The number of benzene rings is 1. The van der Waals surface area contributed by atoms with Gasteiger partial charge in [-0.15, -0.1) is 0 Å². The van der Waals surface area contributed by atoms with Gasteiger partial charge < -0.3 is 10.1 Å². The lowest BCUT2D eigenvalue weighted by Crippen LogP contribution is -2.33. The molecule has 1 saturated heterocycles. The van der Waals surface area contributed by atoms with Gasteiger partial charge in [0.05, 0.1) is 0 Å². The van der Waals surface area contributed by atoms with E-state index in [1.165, 1.54) is 23.3 Å². The van der Waals surface area contributed by atoms with Crippen LogP contribution in [0.1, 0.15) is 43.7 Å². The van der Waals surface area contributed by atoms with Crippen LogP contribution in [0.15, 0.2) is 18.2 Å². The van der Waals surface area contributed by atoms with Crippen LogP contribution in [0.4, 0.5) is 0 Å². The Morgan fingerprint density at radius 3 is 3.00 bits per heavy atom. The van der Waals surface area contributed by atoms with Crippen LogP contribution in [0.5, 0.6) is 5.75 Å². The van der Waals surface area contributed by atoms with Gasteiger partial charge in [-0.3, -0.25) is 0 Å². The van der Waals surface area contributed by atoms with Crippen LogP contribution < -0.4 is 10.1 Å². The molecule has 1 unspecified atom stereocenters. The van der Waals surface area contributed by atoms with Gasteiger partial charge in [0, 0.05) is 12.5 Å². The van der Waals surface area contributed by atoms with Crippen LogP contribution in [-0.2, 0) is 6.42 Å². The molecule has 2 heterocycles. The van der Waals surface area contributed by atoms with Crippen molar-refractivity contribution in [3.8, 4) is 5.75 Å². The van der Waals surface area contributed by atoms with E-state index in [4.69, 9.17) is 4.74 Å². The fourth-order valence-electron chi connectivity index (χ4n) is 2.93. The molecule has 1 aromatic rings. The van der Waals surface area contributed by atoms with Crippen molar-refractivity contribution in [2.45, 2.75) is 44.6 Å². The molecule has 0 bridgehead atoms. The SMILES string of the molecule is CC1(C)CCc2cccc(C3CCNC3)c2O1. The largest absolute Gasteiger partial charge is 0.487 e. The fraction of sp³-hybridized carbons (Fsp3) is 0.600. The van der Waals surface area contributed by atoms with E-state index in [2.05, 4.69) is 37.4 Å². The van der Waals surface area contributed by atoms with Crippen molar-refractivity contribution >= 4 is 0 Å². The van der Waals surface area contributed by atoms with Crippen molar-refractivity contribution in [3.05, 3.63) is 29.3 Å². The van der Waals surface area contributed by atoms with Gasteiger partial charge in [0.1, 0.15) is 11.4 Å². The number of fused-ring (bicyclic) bond motifs is 1. The standard InChI is InChI=1S/C15H21NO/c1-15(2)8-6-11-4-3-5-13(14(11)17-15)12-7-9-16-10-12/h3-5,12,16H,6-10H2,1-2H3. The molecule has 1 N–H and O–H groups in total. The number of hydrogen-bond donors (Lipinski definition) is 1. The van der Waals surface area contributed by atoms with Crippen molar-refractivity contribution in [2.24, 2.45) is 0 Å². The molecule has 0 aliphatic carbocycles. The topological polar surface area (TPSA) is 21.3 Å². The Morgan fingerprint density at radius 2 is 2.24 bits per heavy atom. The Hall–Kier alpha value is -1.02. The molecule has 2 heteroatoms. The predicted molar refractivity (Wildman–Crippen MR) is 69.7 cm³/mol. The summed E-state index contributed by atoms with van der Waals surface area (Å²) in [6.45, 7) is 6.62. The summed E-state index contributed by atoms with van der Waals surface area (Å²) >= 11 is 0. The maximum Gasteiger partial charge on any atom is 0.126 e. The summed E-state index contributed by atoms with van der Waals surface area (Å²) in [4.78, 5) is 0. The molecular formula is C15H21NO. The van der Waals surface area contributed by atoms with E-state index >= 15 is 0 Å². The van der Waals surface area contributed by atoms with Gasteiger partial charge >= 0.3 is 0 Å². The summed E-state index contributed by atoms with van der Waals surface area (Å²) in [7, 11) is 0. The highest BCUT2D eigenvalue weighted by molar-refractivity contribution is 5.46. The Morgan fingerprint density at radius 1 is 1.35 bits per heavy atom. The number of rotatable bonds is 1. The summed E-state index contributed by atoms with van der Waals surface area (Å²) in [5, 5.41) is 3.44. The number of nitrogens with one attached hydrogen (secondary N) is 1. The monoisotopic (exact) mass is 231 g/mol. The van der Waals surface area contributed by atoms with Gasteiger partial charge in [-0.2, -0.15) is 0 Å². The van der Waals surface area contributed by atoms with Crippen molar-refractivity contribution in [1.29, 1.82) is 0 Å². The molecule has 2 aliphatic heterocycles. The van der Waals surface area contributed by atoms with Gasteiger partial charge in [0.2, 0.25) is 0 Å². The highest BCUT2D eigenvalue weighted by atomic mass is 16.5. The first-order valence-electron chi connectivity index (χ1n) is 6.67. The molecule has 0 spiro atoms. The average Bonchev–Trinajstić information content (AvgIpc) is 2.80. The molecule has 0 amide bonds. The zero-order valence-corrected chi connectivity index (χ0v) is 10.8. The lowest BCUT2D eigenvalue weighted by molar-refractivity contribution is 0.0828. The van der Waals surface area contributed by atoms with E-state index < -0.39 is 0 Å². The molecule has 0 radical (unpaired) electrons. The summed E-state index contributed by atoms with van der Waals surface area (Å²) < 4.78 is 6.24. The molecule has 1 atom stereocenters. The van der Waals surface area contributed by atoms with Crippen LogP contribution in [0.3, 0.4) is 0 Å². The van der Waals surface area contributed by atoms with Gasteiger partial charge in [0.25, 0.3) is 0 Å². The minimum absolute atomic E-state index is 0.00483. The van der Waals surface area contributed by atoms with Crippen LogP contribution in [0.25, 0.3) is 0 Å². The fourth-order valence-corrected chi connectivity index (χ4v) is 2.93. The summed E-state index contributed by atoms with van der Waals surface area (Å²) in [5.74, 6) is 1.82. The van der Waals surface area contributed by atoms with Crippen molar-refractivity contribution < 1.29 is 4.74 Å². The van der Waals surface area contributed by atoms with Crippen molar-refractivity contribution in [2.75, 3.05) is 13.1 Å². The second-order valence-electron chi connectivity index (χ2n) is 5.89.